The monoisotopic (exact) mass is 339 g/mol. The van der Waals surface area contributed by atoms with Crippen LogP contribution in [0.4, 0.5) is 0 Å². The number of fused-ring (bicyclic) bond motifs is 2. The molecule has 1 unspecified atom stereocenters. The third-order valence-electron chi connectivity index (χ3n) is 4.57. The summed E-state index contributed by atoms with van der Waals surface area (Å²) in [5.74, 6) is 2.26. The average molecular weight is 339 g/mol. The normalized spacial score (nSPS) is 17.0. The van der Waals surface area contributed by atoms with Gasteiger partial charge in [-0.25, -0.2) is 4.68 Å². The molecule has 0 bridgehead atoms. The van der Waals surface area contributed by atoms with Crippen molar-refractivity contribution in [1.29, 1.82) is 0 Å². The van der Waals surface area contributed by atoms with Gasteiger partial charge in [0.15, 0.2) is 0 Å². The van der Waals surface area contributed by atoms with Gasteiger partial charge in [-0.05, 0) is 18.6 Å². The number of aromatic nitrogens is 6. The van der Waals surface area contributed by atoms with E-state index in [1.54, 1.807) is 4.68 Å². The molecule has 0 saturated heterocycles. The first kappa shape index (κ1) is 15.7. The highest BCUT2D eigenvalue weighted by atomic mass is 16.2. The molecule has 3 heterocycles. The fourth-order valence-corrected chi connectivity index (χ4v) is 3.34. The van der Waals surface area contributed by atoms with Crippen LogP contribution in [0.1, 0.15) is 37.8 Å². The van der Waals surface area contributed by atoms with Crippen LogP contribution >= 0.6 is 0 Å². The van der Waals surface area contributed by atoms with E-state index in [2.05, 4.69) is 44.2 Å². The Morgan fingerprint density at radius 3 is 2.96 bits per heavy atom. The Hall–Kier alpha value is -2.77. The number of rotatable bonds is 4. The van der Waals surface area contributed by atoms with Crippen LogP contribution in [0.25, 0.3) is 11.0 Å². The van der Waals surface area contributed by atoms with Crippen molar-refractivity contribution in [2.45, 2.75) is 51.7 Å². The number of benzene rings is 1. The predicted octanol–water partition coefficient (Wildman–Crippen LogP) is 1.28. The summed E-state index contributed by atoms with van der Waals surface area (Å²) >= 11 is 0. The summed E-state index contributed by atoms with van der Waals surface area (Å²) in [7, 11) is 0. The maximum absolute atomic E-state index is 12.5. The number of carbonyl (C=O) groups excluding carboxylic acids is 1. The Kier molecular flexibility index (Phi) is 3.95. The molecule has 2 aromatic heterocycles. The highest BCUT2D eigenvalue weighted by molar-refractivity contribution is 5.79. The summed E-state index contributed by atoms with van der Waals surface area (Å²) in [6.07, 6.45) is 1.71. The largest absolute Gasteiger partial charge is 0.350 e. The third-order valence-corrected chi connectivity index (χ3v) is 4.57. The first-order valence-electron chi connectivity index (χ1n) is 8.61. The van der Waals surface area contributed by atoms with E-state index in [1.807, 2.05) is 24.3 Å². The molecule has 1 aliphatic heterocycles. The number of para-hydroxylation sites is 1. The molecule has 1 amide bonds. The molecular formula is C17H21N7O. The molecule has 25 heavy (non-hydrogen) atoms. The summed E-state index contributed by atoms with van der Waals surface area (Å²) < 4.78 is 3.78. The Balaban J connectivity index is 1.44. The zero-order valence-electron chi connectivity index (χ0n) is 14.4. The van der Waals surface area contributed by atoms with Gasteiger partial charge in [0, 0.05) is 24.9 Å². The van der Waals surface area contributed by atoms with Crippen molar-refractivity contribution in [2.75, 3.05) is 0 Å². The van der Waals surface area contributed by atoms with Crippen LogP contribution in [0, 0.1) is 0 Å². The number of nitrogens with one attached hydrogen (secondary N) is 1. The molecule has 8 nitrogen and oxygen atoms in total. The first-order valence-corrected chi connectivity index (χ1v) is 8.61. The van der Waals surface area contributed by atoms with Crippen molar-refractivity contribution in [2.24, 2.45) is 0 Å². The fourth-order valence-electron chi connectivity index (χ4n) is 3.34. The molecule has 130 valence electrons. The predicted molar refractivity (Wildman–Crippen MR) is 91.9 cm³/mol. The van der Waals surface area contributed by atoms with E-state index in [0.717, 1.165) is 42.1 Å². The second kappa shape index (κ2) is 6.27. The van der Waals surface area contributed by atoms with Crippen molar-refractivity contribution >= 4 is 16.9 Å². The molecule has 4 rings (SSSR count). The van der Waals surface area contributed by atoms with Gasteiger partial charge in [-0.1, -0.05) is 31.2 Å². The van der Waals surface area contributed by atoms with Gasteiger partial charge in [-0.3, -0.25) is 4.79 Å². The Morgan fingerprint density at radius 1 is 1.28 bits per heavy atom. The zero-order chi connectivity index (χ0) is 17.4. The molecule has 0 saturated carbocycles. The van der Waals surface area contributed by atoms with Gasteiger partial charge in [0.25, 0.3) is 0 Å². The minimum absolute atomic E-state index is 0.0525. The molecular weight excluding hydrogens is 318 g/mol. The SMILES string of the molecule is CC(C)c1nnc2n1CC(NC(=O)Cn1nnc3ccccc31)CC2. The lowest BCUT2D eigenvalue weighted by atomic mass is 10.1. The van der Waals surface area contributed by atoms with E-state index >= 15 is 0 Å². The zero-order valence-corrected chi connectivity index (χ0v) is 14.4. The van der Waals surface area contributed by atoms with Crippen LogP contribution in [0.2, 0.25) is 0 Å². The smallest absolute Gasteiger partial charge is 0.242 e. The lowest BCUT2D eigenvalue weighted by Crippen LogP contribution is -2.42. The third kappa shape index (κ3) is 2.99. The first-order chi connectivity index (χ1) is 12.1. The topological polar surface area (TPSA) is 90.5 Å². The lowest BCUT2D eigenvalue weighted by Gasteiger charge is -2.25. The number of amides is 1. The molecule has 3 aromatic rings. The van der Waals surface area contributed by atoms with E-state index in [0.29, 0.717) is 5.92 Å². The quantitative estimate of drug-likeness (QED) is 0.773. The second-order valence-corrected chi connectivity index (χ2v) is 6.78. The van der Waals surface area contributed by atoms with Gasteiger partial charge in [0.05, 0.1) is 5.52 Å². The number of carbonyl (C=O) groups is 1. The van der Waals surface area contributed by atoms with Crippen LogP contribution in [0.5, 0.6) is 0 Å². The molecule has 8 heteroatoms. The van der Waals surface area contributed by atoms with Gasteiger partial charge in [0.1, 0.15) is 23.7 Å². The molecule has 0 aliphatic carbocycles. The summed E-state index contributed by atoms with van der Waals surface area (Å²) in [6.45, 7) is 5.10. The maximum atomic E-state index is 12.5. The van der Waals surface area contributed by atoms with Gasteiger partial charge >= 0.3 is 0 Å². The van der Waals surface area contributed by atoms with E-state index in [-0.39, 0.29) is 18.5 Å². The molecule has 1 aromatic carbocycles. The minimum Gasteiger partial charge on any atom is -0.350 e. The Morgan fingerprint density at radius 2 is 2.12 bits per heavy atom. The van der Waals surface area contributed by atoms with E-state index < -0.39 is 0 Å². The van der Waals surface area contributed by atoms with Gasteiger partial charge in [-0.2, -0.15) is 0 Å². The number of aryl methyl sites for hydroxylation is 1. The Labute approximate surface area is 145 Å². The number of hydrogen-bond donors (Lipinski definition) is 1. The van der Waals surface area contributed by atoms with Gasteiger partial charge < -0.3 is 9.88 Å². The molecule has 0 spiro atoms. The number of hydrogen-bond acceptors (Lipinski definition) is 5. The second-order valence-electron chi connectivity index (χ2n) is 6.78. The highest BCUT2D eigenvalue weighted by Gasteiger charge is 2.25. The minimum atomic E-state index is -0.0525. The van der Waals surface area contributed by atoms with Crippen molar-refractivity contribution < 1.29 is 4.79 Å². The van der Waals surface area contributed by atoms with Crippen LogP contribution in [-0.4, -0.2) is 41.7 Å². The average Bonchev–Trinajstić information content (AvgIpc) is 3.19. The summed E-state index contributed by atoms with van der Waals surface area (Å²) in [6, 6.07) is 7.72. The summed E-state index contributed by atoms with van der Waals surface area (Å²) in [5, 5.41) is 19.8. The standard InChI is InChI=1S/C17H21N7O/c1-11(2)17-21-20-15-8-7-12(9-23(15)17)18-16(25)10-24-14-6-4-3-5-13(14)19-22-24/h3-6,11-12H,7-10H2,1-2H3,(H,18,25). The molecule has 1 atom stereocenters. The highest BCUT2D eigenvalue weighted by Crippen LogP contribution is 2.20. The molecule has 1 aliphatic rings. The molecule has 0 radical (unpaired) electrons. The number of nitrogens with zero attached hydrogens (tertiary/aromatic N) is 6. The fraction of sp³-hybridized carbons (Fsp3) is 0.471. The van der Waals surface area contributed by atoms with Crippen molar-refractivity contribution in [3.05, 3.63) is 35.9 Å². The van der Waals surface area contributed by atoms with Crippen molar-refractivity contribution in [3.63, 3.8) is 0 Å². The van der Waals surface area contributed by atoms with Crippen molar-refractivity contribution in [3.8, 4) is 0 Å². The molecule has 0 fully saturated rings. The van der Waals surface area contributed by atoms with Gasteiger partial charge in [0.2, 0.25) is 5.91 Å². The van der Waals surface area contributed by atoms with Crippen LogP contribution in [-0.2, 0) is 24.3 Å². The maximum Gasteiger partial charge on any atom is 0.242 e. The van der Waals surface area contributed by atoms with Crippen LogP contribution in [0.15, 0.2) is 24.3 Å². The van der Waals surface area contributed by atoms with E-state index in [9.17, 15) is 4.79 Å². The van der Waals surface area contributed by atoms with Gasteiger partial charge in [-0.15, -0.1) is 15.3 Å². The summed E-state index contributed by atoms with van der Waals surface area (Å²) in [5.41, 5.74) is 1.66. The summed E-state index contributed by atoms with van der Waals surface area (Å²) in [4.78, 5) is 12.5. The van der Waals surface area contributed by atoms with Crippen LogP contribution in [0.3, 0.4) is 0 Å². The molecule has 1 N–H and O–H groups in total. The van der Waals surface area contributed by atoms with Crippen molar-refractivity contribution in [1.82, 2.24) is 35.1 Å². The van der Waals surface area contributed by atoms with Crippen LogP contribution < -0.4 is 5.32 Å². The lowest BCUT2D eigenvalue weighted by molar-refractivity contribution is -0.122. The Bertz CT molecular complexity index is 911. The van der Waals surface area contributed by atoms with E-state index in [4.69, 9.17) is 0 Å². The van der Waals surface area contributed by atoms with E-state index in [1.165, 1.54) is 0 Å².